The molecule has 0 spiro atoms. The molecule has 2 amide bonds. The summed E-state index contributed by atoms with van der Waals surface area (Å²) in [6.07, 6.45) is 2.51. The SMILES string of the molecule is CCCC(=O)NC1CCCN(C(=O)C(C)Oc2ccccc2Cl)C1. The molecule has 5 nitrogen and oxygen atoms in total. The fourth-order valence-corrected chi connectivity index (χ4v) is 3.04. The molecule has 1 saturated heterocycles. The van der Waals surface area contributed by atoms with Gasteiger partial charge in [0.25, 0.3) is 5.91 Å². The van der Waals surface area contributed by atoms with Gasteiger partial charge in [-0.25, -0.2) is 0 Å². The van der Waals surface area contributed by atoms with Gasteiger partial charge in [0.15, 0.2) is 6.10 Å². The van der Waals surface area contributed by atoms with E-state index in [4.69, 9.17) is 16.3 Å². The van der Waals surface area contributed by atoms with Crippen LogP contribution in [0, 0.1) is 0 Å². The van der Waals surface area contributed by atoms with Gasteiger partial charge in [0.1, 0.15) is 5.75 Å². The predicted molar refractivity (Wildman–Crippen MR) is 94.2 cm³/mol. The largest absolute Gasteiger partial charge is 0.479 e. The Kier molecular flexibility index (Phi) is 6.91. The monoisotopic (exact) mass is 352 g/mol. The molecule has 1 aromatic rings. The molecular weight excluding hydrogens is 328 g/mol. The molecule has 24 heavy (non-hydrogen) atoms. The number of nitrogens with one attached hydrogen (secondary N) is 1. The van der Waals surface area contributed by atoms with Crippen molar-refractivity contribution in [3.63, 3.8) is 0 Å². The van der Waals surface area contributed by atoms with E-state index in [-0.39, 0.29) is 17.9 Å². The van der Waals surface area contributed by atoms with Crippen LogP contribution in [0.5, 0.6) is 5.75 Å². The normalized spacial score (nSPS) is 18.8. The van der Waals surface area contributed by atoms with Crippen molar-refractivity contribution in [1.82, 2.24) is 10.2 Å². The topological polar surface area (TPSA) is 58.6 Å². The summed E-state index contributed by atoms with van der Waals surface area (Å²) in [6.45, 7) is 4.93. The van der Waals surface area contributed by atoms with Crippen LogP contribution in [0.3, 0.4) is 0 Å². The zero-order chi connectivity index (χ0) is 17.5. The zero-order valence-electron chi connectivity index (χ0n) is 14.3. The standard InChI is InChI=1S/C18H25ClN2O3/c1-3-7-17(22)20-14-8-6-11-21(12-14)18(23)13(2)24-16-10-5-4-9-15(16)19/h4-5,9-10,13-14H,3,6-8,11-12H2,1-2H3,(H,20,22). The third-order valence-electron chi connectivity index (χ3n) is 4.06. The molecule has 6 heteroatoms. The summed E-state index contributed by atoms with van der Waals surface area (Å²) >= 11 is 6.07. The number of rotatable bonds is 6. The van der Waals surface area contributed by atoms with Crippen molar-refractivity contribution in [1.29, 1.82) is 0 Å². The molecule has 1 aliphatic heterocycles. The average molecular weight is 353 g/mol. The van der Waals surface area contributed by atoms with E-state index in [1.54, 1.807) is 24.0 Å². The maximum Gasteiger partial charge on any atom is 0.263 e. The maximum atomic E-state index is 12.6. The number of carbonyl (C=O) groups excluding carboxylic acids is 2. The maximum absolute atomic E-state index is 12.6. The molecule has 2 unspecified atom stereocenters. The minimum Gasteiger partial charge on any atom is -0.479 e. The predicted octanol–water partition coefficient (Wildman–Crippen LogP) is 3.01. The second kappa shape index (κ2) is 8.92. The highest BCUT2D eigenvalue weighted by atomic mass is 35.5. The molecule has 1 aliphatic rings. The van der Waals surface area contributed by atoms with Gasteiger partial charge in [-0.1, -0.05) is 30.7 Å². The van der Waals surface area contributed by atoms with Crippen molar-refractivity contribution < 1.29 is 14.3 Å². The first-order chi connectivity index (χ1) is 11.5. The third-order valence-corrected chi connectivity index (χ3v) is 4.38. The number of ether oxygens (including phenoxy) is 1. The number of nitrogens with zero attached hydrogens (tertiary/aromatic N) is 1. The minimum absolute atomic E-state index is 0.0225. The van der Waals surface area contributed by atoms with Gasteiger partial charge in [-0.3, -0.25) is 9.59 Å². The fourth-order valence-electron chi connectivity index (χ4n) is 2.86. The van der Waals surface area contributed by atoms with Gasteiger partial charge < -0.3 is 15.0 Å². The van der Waals surface area contributed by atoms with Crippen molar-refractivity contribution in [3.8, 4) is 5.75 Å². The summed E-state index contributed by atoms with van der Waals surface area (Å²) in [5.41, 5.74) is 0. The number of hydrogen-bond acceptors (Lipinski definition) is 3. The van der Waals surface area contributed by atoms with Crippen molar-refractivity contribution in [2.75, 3.05) is 13.1 Å². The van der Waals surface area contributed by atoms with Crippen molar-refractivity contribution >= 4 is 23.4 Å². The summed E-state index contributed by atoms with van der Waals surface area (Å²) in [5, 5.41) is 3.49. The van der Waals surface area contributed by atoms with Crippen LogP contribution in [0.2, 0.25) is 5.02 Å². The van der Waals surface area contributed by atoms with Crippen LogP contribution in [-0.4, -0.2) is 41.9 Å². The number of halogens is 1. The number of para-hydroxylation sites is 1. The van der Waals surface area contributed by atoms with E-state index in [0.29, 0.717) is 30.3 Å². The highest BCUT2D eigenvalue weighted by molar-refractivity contribution is 6.32. The Bertz CT molecular complexity index is 579. The van der Waals surface area contributed by atoms with Gasteiger partial charge >= 0.3 is 0 Å². The van der Waals surface area contributed by atoms with Crippen molar-refractivity contribution in [2.45, 2.75) is 51.7 Å². The molecule has 0 radical (unpaired) electrons. The number of piperidine rings is 1. The lowest BCUT2D eigenvalue weighted by Crippen LogP contribution is -2.52. The Balaban J connectivity index is 1.91. The van der Waals surface area contributed by atoms with Gasteiger partial charge in [-0.05, 0) is 38.3 Å². The Morgan fingerprint density at radius 3 is 2.88 bits per heavy atom. The van der Waals surface area contributed by atoms with Crippen LogP contribution in [0.25, 0.3) is 0 Å². The van der Waals surface area contributed by atoms with E-state index >= 15 is 0 Å². The van der Waals surface area contributed by atoms with Crippen molar-refractivity contribution in [2.24, 2.45) is 0 Å². The Labute approximate surface area is 148 Å². The van der Waals surface area contributed by atoms with Crippen molar-refractivity contribution in [3.05, 3.63) is 29.3 Å². The first-order valence-corrected chi connectivity index (χ1v) is 8.88. The Morgan fingerprint density at radius 2 is 2.17 bits per heavy atom. The Hall–Kier alpha value is -1.75. The second-order valence-corrected chi connectivity index (χ2v) is 6.54. The number of likely N-dealkylation sites (tertiary alicyclic amines) is 1. The van der Waals surface area contributed by atoms with Crippen LogP contribution >= 0.6 is 11.6 Å². The lowest BCUT2D eigenvalue weighted by molar-refractivity contribution is -0.140. The van der Waals surface area contributed by atoms with E-state index in [1.165, 1.54) is 0 Å². The van der Waals surface area contributed by atoms with Crippen LogP contribution in [0.15, 0.2) is 24.3 Å². The smallest absolute Gasteiger partial charge is 0.263 e. The molecule has 1 aromatic carbocycles. The first-order valence-electron chi connectivity index (χ1n) is 8.50. The molecule has 1 heterocycles. The summed E-state index contributed by atoms with van der Waals surface area (Å²) in [4.78, 5) is 26.1. The van der Waals surface area contributed by atoms with E-state index in [9.17, 15) is 9.59 Å². The van der Waals surface area contributed by atoms with Gasteiger partial charge in [0, 0.05) is 25.6 Å². The first kappa shape index (κ1) is 18.6. The highest BCUT2D eigenvalue weighted by Crippen LogP contribution is 2.25. The van der Waals surface area contributed by atoms with Gasteiger partial charge in [0.2, 0.25) is 5.91 Å². The summed E-state index contributed by atoms with van der Waals surface area (Å²) in [7, 11) is 0. The molecule has 0 aliphatic carbocycles. The number of hydrogen-bond donors (Lipinski definition) is 1. The van der Waals surface area contributed by atoms with Crippen LogP contribution in [-0.2, 0) is 9.59 Å². The van der Waals surface area contributed by atoms with E-state index in [2.05, 4.69) is 5.32 Å². The summed E-state index contributed by atoms with van der Waals surface area (Å²) < 4.78 is 5.70. The van der Waals surface area contributed by atoms with E-state index in [0.717, 1.165) is 19.3 Å². The quantitative estimate of drug-likeness (QED) is 0.856. The van der Waals surface area contributed by atoms with Crippen LogP contribution in [0.1, 0.15) is 39.5 Å². The minimum atomic E-state index is -0.616. The lowest BCUT2D eigenvalue weighted by Gasteiger charge is -2.34. The van der Waals surface area contributed by atoms with Crippen LogP contribution in [0.4, 0.5) is 0 Å². The summed E-state index contributed by atoms with van der Waals surface area (Å²) in [5.74, 6) is 0.478. The molecule has 0 aromatic heterocycles. The zero-order valence-corrected chi connectivity index (χ0v) is 15.0. The van der Waals surface area contributed by atoms with E-state index < -0.39 is 6.10 Å². The Morgan fingerprint density at radius 1 is 1.42 bits per heavy atom. The van der Waals surface area contributed by atoms with Gasteiger partial charge in [0.05, 0.1) is 5.02 Å². The lowest BCUT2D eigenvalue weighted by atomic mass is 10.0. The molecule has 1 fully saturated rings. The van der Waals surface area contributed by atoms with E-state index in [1.807, 2.05) is 19.1 Å². The summed E-state index contributed by atoms with van der Waals surface area (Å²) in [6, 6.07) is 7.13. The van der Waals surface area contributed by atoms with Gasteiger partial charge in [-0.2, -0.15) is 0 Å². The third kappa shape index (κ3) is 5.13. The number of benzene rings is 1. The highest BCUT2D eigenvalue weighted by Gasteiger charge is 2.28. The molecule has 132 valence electrons. The molecule has 0 bridgehead atoms. The number of carbonyl (C=O) groups is 2. The average Bonchev–Trinajstić information content (AvgIpc) is 2.56. The molecule has 2 atom stereocenters. The molecule has 0 saturated carbocycles. The fraction of sp³-hybridized carbons (Fsp3) is 0.556. The van der Waals surface area contributed by atoms with Gasteiger partial charge in [-0.15, -0.1) is 0 Å². The molecule has 2 rings (SSSR count). The van der Waals surface area contributed by atoms with Crippen LogP contribution < -0.4 is 10.1 Å². The number of amides is 2. The molecular formula is C18H25ClN2O3. The second-order valence-electron chi connectivity index (χ2n) is 6.13. The molecule has 1 N–H and O–H groups in total.